The standard InChI is InChI=1S/C5H10.C3H8O2S.C2H6.H2O/c1-2-4-5-3-1;1-3-6(2,4)5;1-2;/h1-5H2;3H2,1-2H3;1-2H3;1H2. The lowest BCUT2D eigenvalue weighted by Gasteiger charge is -1.81. The quantitative estimate of drug-likeness (QED) is 0.688. The molecule has 3 nitrogen and oxygen atoms in total. The Kier molecular flexibility index (Phi) is 18.0. The molecule has 0 aliphatic heterocycles. The maximum atomic E-state index is 10.0. The van der Waals surface area contributed by atoms with Crippen molar-refractivity contribution in [1.82, 2.24) is 0 Å². The molecule has 0 spiro atoms. The van der Waals surface area contributed by atoms with Crippen molar-refractivity contribution in [2.45, 2.75) is 52.9 Å². The lowest BCUT2D eigenvalue weighted by molar-refractivity contribution is 0.603. The number of hydrogen-bond donors (Lipinski definition) is 0. The molecule has 4 heteroatoms. The molecule has 0 radical (unpaired) electrons. The van der Waals surface area contributed by atoms with Gasteiger partial charge in [-0.1, -0.05) is 52.9 Å². The second-order valence-corrected chi connectivity index (χ2v) is 5.41. The van der Waals surface area contributed by atoms with E-state index in [9.17, 15) is 8.42 Å². The molecule has 90 valence electrons. The normalized spacial score (nSPS) is 14.0. The second-order valence-electron chi connectivity index (χ2n) is 2.98. The Balaban J connectivity index is -0.000000139. The van der Waals surface area contributed by atoms with Crippen LogP contribution in [0, 0.1) is 0 Å². The maximum Gasteiger partial charge on any atom is 0.147 e. The van der Waals surface area contributed by atoms with E-state index < -0.39 is 9.84 Å². The van der Waals surface area contributed by atoms with Gasteiger partial charge >= 0.3 is 0 Å². The summed E-state index contributed by atoms with van der Waals surface area (Å²) in [6.07, 6.45) is 8.72. The van der Waals surface area contributed by atoms with Gasteiger partial charge in [0, 0.05) is 12.0 Å². The number of hydrogen-bond acceptors (Lipinski definition) is 2. The SMILES string of the molecule is C1CCCC1.CC.CCS(C)(=O)=O.O. The van der Waals surface area contributed by atoms with Gasteiger partial charge in [-0.3, -0.25) is 0 Å². The summed E-state index contributed by atoms with van der Waals surface area (Å²) in [5.41, 5.74) is 0. The summed E-state index contributed by atoms with van der Waals surface area (Å²) in [4.78, 5) is 0. The van der Waals surface area contributed by atoms with E-state index in [4.69, 9.17) is 0 Å². The highest BCUT2D eigenvalue weighted by atomic mass is 32.2. The average Bonchev–Trinajstić information content (AvgIpc) is 2.64. The average molecular weight is 226 g/mol. The molecule has 0 amide bonds. The van der Waals surface area contributed by atoms with E-state index in [-0.39, 0.29) is 11.2 Å². The van der Waals surface area contributed by atoms with Crippen LogP contribution >= 0.6 is 0 Å². The molecule has 0 heterocycles. The molecule has 1 aliphatic rings. The predicted octanol–water partition coefficient (Wildman–Crippen LogP) is 2.20. The molecular formula is C10H26O3S. The van der Waals surface area contributed by atoms with Crippen molar-refractivity contribution in [2.75, 3.05) is 12.0 Å². The molecule has 1 rings (SSSR count). The maximum absolute atomic E-state index is 10.0. The van der Waals surface area contributed by atoms with Gasteiger partial charge in [0.2, 0.25) is 0 Å². The van der Waals surface area contributed by atoms with Crippen LogP contribution in [-0.4, -0.2) is 25.9 Å². The third-order valence-corrected chi connectivity index (χ3v) is 2.82. The van der Waals surface area contributed by atoms with Crippen LogP contribution in [0.25, 0.3) is 0 Å². The van der Waals surface area contributed by atoms with Gasteiger partial charge in [-0.2, -0.15) is 0 Å². The molecular weight excluding hydrogens is 200 g/mol. The van der Waals surface area contributed by atoms with Gasteiger partial charge in [0.25, 0.3) is 0 Å². The largest absolute Gasteiger partial charge is 0.412 e. The molecule has 0 aromatic carbocycles. The van der Waals surface area contributed by atoms with Crippen LogP contribution in [0.1, 0.15) is 52.9 Å². The van der Waals surface area contributed by atoms with Crippen LogP contribution in [0.4, 0.5) is 0 Å². The first-order valence-corrected chi connectivity index (χ1v) is 7.30. The summed E-state index contributed by atoms with van der Waals surface area (Å²) in [5, 5.41) is 0. The minimum absolute atomic E-state index is 0. The summed E-state index contributed by atoms with van der Waals surface area (Å²) >= 11 is 0. The molecule has 0 saturated heterocycles. The van der Waals surface area contributed by atoms with Crippen molar-refractivity contribution in [2.24, 2.45) is 0 Å². The Hall–Kier alpha value is -0.0900. The second kappa shape index (κ2) is 12.9. The zero-order chi connectivity index (χ0) is 10.7. The first-order valence-electron chi connectivity index (χ1n) is 5.24. The fourth-order valence-corrected chi connectivity index (χ4v) is 0.884. The summed E-state index contributed by atoms with van der Waals surface area (Å²) in [6, 6.07) is 0. The van der Waals surface area contributed by atoms with Crippen LogP contribution in [0.2, 0.25) is 0 Å². The van der Waals surface area contributed by atoms with E-state index in [0.29, 0.717) is 0 Å². The van der Waals surface area contributed by atoms with Gasteiger partial charge in [0.1, 0.15) is 9.84 Å². The van der Waals surface area contributed by atoms with Gasteiger partial charge in [-0.05, 0) is 0 Å². The first-order chi connectivity index (χ1) is 6.06. The summed E-state index contributed by atoms with van der Waals surface area (Å²) in [6.45, 7) is 5.62. The van der Waals surface area contributed by atoms with Crippen LogP contribution < -0.4 is 0 Å². The van der Waals surface area contributed by atoms with Gasteiger partial charge in [-0.25, -0.2) is 8.42 Å². The van der Waals surface area contributed by atoms with Crippen LogP contribution in [0.3, 0.4) is 0 Å². The molecule has 0 unspecified atom stereocenters. The molecule has 14 heavy (non-hydrogen) atoms. The molecule has 0 bridgehead atoms. The van der Waals surface area contributed by atoms with Crippen LogP contribution in [0.15, 0.2) is 0 Å². The molecule has 1 fully saturated rings. The minimum Gasteiger partial charge on any atom is -0.412 e. The summed E-state index contributed by atoms with van der Waals surface area (Å²) in [7, 11) is -2.66. The van der Waals surface area contributed by atoms with Crippen molar-refractivity contribution in [3.8, 4) is 0 Å². The van der Waals surface area contributed by atoms with Crippen molar-refractivity contribution >= 4 is 9.84 Å². The van der Waals surface area contributed by atoms with E-state index in [2.05, 4.69) is 0 Å². The monoisotopic (exact) mass is 226 g/mol. The molecule has 1 saturated carbocycles. The zero-order valence-electron chi connectivity index (χ0n) is 9.97. The van der Waals surface area contributed by atoms with Gasteiger partial charge in [-0.15, -0.1) is 0 Å². The lowest BCUT2D eigenvalue weighted by atomic mass is 10.4. The molecule has 0 aromatic rings. The number of rotatable bonds is 1. The van der Waals surface area contributed by atoms with E-state index in [1.54, 1.807) is 6.92 Å². The van der Waals surface area contributed by atoms with Crippen molar-refractivity contribution in [1.29, 1.82) is 0 Å². The van der Waals surface area contributed by atoms with Crippen LogP contribution in [-0.2, 0) is 9.84 Å². The fraction of sp³-hybridized carbons (Fsp3) is 1.00. The fourth-order valence-electron chi connectivity index (χ4n) is 0.884. The molecule has 1 aliphatic carbocycles. The Morgan fingerprint density at radius 1 is 0.929 bits per heavy atom. The minimum atomic E-state index is -2.66. The van der Waals surface area contributed by atoms with E-state index in [0.717, 1.165) is 0 Å². The third-order valence-electron chi connectivity index (χ3n) is 1.77. The number of sulfone groups is 1. The predicted molar refractivity (Wildman–Crippen MR) is 63.4 cm³/mol. The van der Waals surface area contributed by atoms with E-state index in [1.165, 1.54) is 38.4 Å². The van der Waals surface area contributed by atoms with Gasteiger partial charge < -0.3 is 5.48 Å². The topological polar surface area (TPSA) is 65.6 Å². The Morgan fingerprint density at radius 3 is 1.14 bits per heavy atom. The highest BCUT2D eigenvalue weighted by Gasteiger charge is 1.95. The third kappa shape index (κ3) is 22.7. The van der Waals surface area contributed by atoms with Crippen molar-refractivity contribution in [3.63, 3.8) is 0 Å². The highest BCUT2D eigenvalue weighted by Crippen LogP contribution is 2.15. The van der Waals surface area contributed by atoms with E-state index in [1.807, 2.05) is 13.8 Å². The molecule has 2 N–H and O–H groups in total. The van der Waals surface area contributed by atoms with Gasteiger partial charge in [0.15, 0.2) is 0 Å². The van der Waals surface area contributed by atoms with Crippen molar-refractivity contribution < 1.29 is 13.9 Å². The lowest BCUT2D eigenvalue weighted by Crippen LogP contribution is -1.96. The Bertz CT molecular complexity index is 162. The van der Waals surface area contributed by atoms with E-state index >= 15 is 0 Å². The summed E-state index contributed by atoms with van der Waals surface area (Å²) < 4.78 is 20.0. The molecule has 0 atom stereocenters. The Morgan fingerprint density at radius 2 is 1.07 bits per heavy atom. The highest BCUT2D eigenvalue weighted by molar-refractivity contribution is 7.90. The Labute approximate surface area is 89.1 Å². The smallest absolute Gasteiger partial charge is 0.147 e. The zero-order valence-corrected chi connectivity index (χ0v) is 10.8. The molecule has 0 aromatic heterocycles. The summed E-state index contributed by atoms with van der Waals surface area (Å²) in [5.74, 6) is 0.243. The van der Waals surface area contributed by atoms with Gasteiger partial charge in [0.05, 0.1) is 0 Å². The first kappa shape index (κ1) is 19.5. The van der Waals surface area contributed by atoms with Crippen molar-refractivity contribution in [3.05, 3.63) is 0 Å². The van der Waals surface area contributed by atoms with Crippen LogP contribution in [0.5, 0.6) is 0 Å².